The number of benzene rings is 2. The SMILES string of the molecule is CC(=O)O[C@@H](CCC1C(=O)N(c2ccc(F)cc2)[C@@H]1C1C=CC(O)=CC1)c1ccc(F)cc1. The standard InChI is InChI=1S/C26H25F2NO4/c1-16(30)33-24(17-2-6-19(27)7-3-17)15-14-23-25(18-4-12-22(31)13-5-18)29(26(23)32)21-10-8-20(28)9-11-21/h2-4,6-13,18,23-25,31H,5,14-15H2,1H3/t18?,23?,24-,25+/m0/s1. The summed E-state index contributed by atoms with van der Waals surface area (Å²) in [6.07, 6.45) is 6.05. The third-order valence-corrected chi connectivity index (χ3v) is 6.21. The number of rotatable bonds is 7. The molecular formula is C26H25F2NO4. The Morgan fingerprint density at radius 3 is 2.33 bits per heavy atom. The molecule has 1 saturated heterocycles. The number of amides is 1. The fraction of sp³-hybridized carbons (Fsp3) is 0.308. The van der Waals surface area contributed by atoms with Crippen LogP contribution in [0.25, 0.3) is 0 Å². The minimum absolute atomic E-state index is 0.0216. The lowest BCUT2D eigenvalue weighted by atomic mass is 9.73. The molecule has 0 aromatic heterocycles. The van der Waals surface area contributed by atoms with Gasteiger partial charge in [-0.05, 0) is 73.4 Å². The number of carbonyl (C=O) groups is 2. The molecule has 5 nitrogen and oxygen atoms in total. The fourth-order valence-corrected chi connectivity index (χ4v) is 4.64. The molecule has 0 spiro atoms. The Hall–Kier alpha value is -3.48. The molecule has 4 rings (SSSR count). The van der Waals surface area contributed by atoms with E-state index in [4.69, 9.17) is 4.74 Å². The monoisotopic (exact) mass is 453 g/mol. The first-order chi connectivity index (χ1) is 15.8. The number of anilines is 1. The van der Waals surface area contributed by atoms with Crippen LogP contribution >= 0.6 is 0 Å². The van der Waals surface area contributed by atoms with E-state index >= 15 is 0 Å². The zero-order valence-electron chi connectivity index (χ0n) is 18.2. The van der Waals surface area contributed by atoms with Gasteiger partial charge in [0, 0.05) is 18.5 Å². The summed E-state index contributed by atoms with van der Waals surface area (Å²) < 4.78 is 32.2. The number of allylic oxidation sites excluding steroid dienone is 2. The predicted molar refractivity (Wildman–Crippen MR) is 119 cm³/mol. The first-order valence-corrected chi connectivity index (χ1v) is 10.9. The lowest BCUT2D eigenvalue weighted by Crippen LogP contribution is -2.64. The van der Waals surface area contributed by atoms with E-state index in [9.17, 15) is 23.5 Å². The third kappa shape index (κ3) is 4.97. The van der Waals surface area contributed by atoms with Crippen LogP contribution in [-0.2, 0) is 14.3 Å². The lowest BCUT2D eigenvalue weighted by Gasteiger charge is -2.50. The van der Waals surface area contributed by atoms with E-state index in [-0.39, 0.29) is 41.2 Å². The summed E-state index contributed by atoms with van der Waals surface area (Å²) in [6, 6.07) is 11.4. The van der Waals surface area contributed by atoms with Crippen molar-refractivity contribution in [2.24, 2.45) is 11.8 Å². The van der Waals surface area contributed by atoms with Gasteiger partial charge >= 0.3 is 5.97 Å². The fourth-order valence-electron chi connectivity index (χ4n) is 4.64. The van der Waals surface area contributed by atoms with Gasteiger partial charge in [0.15, 0.2) is 0 Å². The second-order valence-corrected chi connectivity index (χ2v) is 8.40. The molecule has 7 heteroatoms. The minimum atomic E-state index is -0.595. The number of carbonyl (C=O) groups excluding carboxylic acids is 2. The van der Waals surface area contributed by atoms with Crippen LogP contribution in [0.3, 0.4) is 0 Å². The molecule has 0 radical (unpaired) electrons. The highest BCUT2D eigenvalue weighted by Crippen LogP contribution is 2.43. The summed E-state index contributed by atoms with van der Waals surface area (Å²) in [5.41, 5.74) is 1.28. The van der Waals surface area contributed by atoms with Crippen molar-refractivity contribution in [1.29, 1.82) is 0 Å². The van der Waals surface area contributed by atoms with Gasteiger partial charge in [0.25, 0.3) is 0 Å². The average molecular weight is 453 g/mol. The molecule has 33 heavy (non-hydrogen) atoms. The molecule has 1 heterocycles. The number of hydrogen-bond donors (Lipinski definition) is 1. The zero-order chi connectivity index (χ0) is 23.5. The van der Waals surface area contributed by atoms with Crippen molar-refractivity contribution in [1.82, 2.24) is 0 Å². The molecule has 1 amide bonds. The maximum absolute atomic E-state index is 13.4. The molecular weight excluding hydrogens is 428 g/mol. The first-order valence-electron chi connectivity index (χ1n) is 10.9. The molecule has 2 aromatic carbocycles. The Bertz CT molecular complexity index is 1080. The lowest BCUT2D eigenvalue weighted by molar-refractivity contribution is -0.147. The van der Waals surface area contributed by atoms with E-state index in [1.165, 1.54) is 31.2 Å². The Morgan fingerprint density at radius 2 is 1.76 bits per heavy atom. The Balaban J connectivity index is 1.54. The number of ether oxygens (including phenoxy) is 1. The molecule has 2 unspecified atom stereocenters. The summed E-state index contributed by atoms with van der Waals surface area (Å²) in [6.45, 7) is 1.32. The van der Waals surface area contributed by atoms with Gasteiger partial charge in [0.05, 0.1) is 12.0 Å². The van der Waals surface area contributed by atoms with Crippen molar-refractivity contribution >= 4 is 17.6 Å². The first kappa shape index (κ1) is 22.7. The van der Waals surface area contributed by atoms with Crippen molar-refractivity contribution in [2.45, 2.75) is 38.3 Å². The molecule has 1 fully saturated rings. The second kappa shape index (κ2) is 9.57. The quantitative estimate of drug-likeness (QED) is 0.450. The molecule has 2 aliphatic rings. The van der Waals surface area contributed by atoms with E-state index in [2.05, 4.69) is 0 Å². The number of halogens is 2. The average Bonchev–Trinajstić information content (AvgIpc) is 2.79. The van der Waals surface area contributed by atoms with Crippen LogP contribution in [0.4, 0.5) is 14.5 Å². The van der Waals surface area contributed by atoms with Crippen LogP contribution in [0.5, 0.6) is 0 Å². The number of aliphatic hydroxyl groups excluding tert-OH is 1. The number of aliphatic hydroxyl groups is 1. The van der Waals surface area contributed by atoms with Crippen LogP contribution in [0.2, 0.25) is 0 Å². The van der Waals surface area contributed by atoms with Gasteiger partial charge in [-0.15, -0.1) is 0 Å². The van der Waals surface area contributed by atoms with E-state index in [0.717, 1.165) is 0 Å². The van der Waals surface area contributed by atoms with Gasteiger partial charge in [-0.3, -0.25) is 9.59 Å². The zero-order valence-corrected chi connectivity index (χ0v) is 18.2. The van der Waals surface area contributed by atoms with E-state index in [1.54, 1.807) is 41.3 Å². The van der Waals surface area contributed by atoms with Gasteiger partial charge in [-0.1, -0.05) is 18.2 Å². The Morgan fingerprint density at radius 1 is 1.12 bits per heavy atom. The van der Waals surface area contributed by atoms with E-state index in [0.29, 0.717) is 30.5 Å². The summed E-state index contributed by atoms with van der Waals surface area (Å²) in [4.78, 5) is 26.5. The second-order valence-electron chi connectivity index (χ2n) is 8.40. The van der Waals surface area contributed by atoms with Crippen molar-refractivity contribution in [3.8, 4) is 0 Å². The summed E-state index contributed by atoms with van der Waals surface area (Å²) in [5, 5.41) is 9.71. The van der Waals surface area contributed by atoms with Crippen LogP contribution in [0, 0.1) is 23.5 Å². The van der Waals surface area contributed by atoms with Crippen LogP contribution in [0.15, 0.2) is 72.5 Å². The Labute approximate surface area is 191 Å². The molecule has 0 bridgehead atoms. The summed E-state index contributed by atoms with van der Waals surface area (Å²) >= 11 is 0. The largest absolute Gasteiger partial charge is 0.508 e. The maximum atomic E-state index is 13.4. The van der Waals surface area contributed by atoms with Gasteiger partial charge in [-0.25, -0.2) is 8.78 Å². The molecule has 4 atom stereocenters. The smallest absolute Gasteiger partial charge is 0.303 e. The molecule has 1 aliphatic carbocycles. The van der Waals surface area contributed by atoms with E-state index < -0.39 is 12.1 Å². The highest BCUT2D eigenvalue weighted by molar-refractivity contribution is 6.03. The Kier molecular flexibility index (Phi) is 6.58. The van der Waals surface area contributed by atoms with Gasteiger partial charge < -0.3 is 14.7 Å². The summed E-state index contributed by atoms with van der Waals surface area (Å²) in [5.74, 6) is -1.47. The number of β-lactam (4-membered cyclic amide) rings is 1. The highest BCUT2D eigenvalue weighted by Gasteiger charge is 2.50. The topological polar surface area (TPSA) is 66.8 Å². The minimum Gasteiger partial charge on any atom is -0.508 e. The molecule has 0 saturated carbocycles. The molecule has 1 N–H and O–H groups in total. The maximum Gasteiger partial charge on any atom is 0.303 e. The molecule has 2 aromatic rings. The highest BCUT2D eigenvalue weighted by atomic mass is 19.1. The molecule has 172 valence electrons. The number of hydrogen-bond acceptors (Lipinski definition) is 4. The predicted octanol–water partition coefficient (Wildman–Crippen LogP) is 5.40. The normalized spacial score (nSPS) is 23.0. The van der Waals surface area contributed by atoms with E-state index in [1.807, 2.05) is 6.08 Å². The van der Waals surface area contributed by atoms with Gasteiger partial charge in [0.2, 0.25) is 5.91 Å². The number of esters is 1. The van der Waals surface area contributed by atoms with Gasteiger partial charge in [0.1, 0.15) is 23.5 Å². The summed E-state index contributed by atoms with van der Waals surface area (Å²) in [7, 11) is 0. The molecule has 1 aliphatic heterocycles. The van der Waals surface area contributed by atoms with Crippen molar-refractivity contribution in [3.63, 3.8) is 0 Å². The number of nitrogens with zero attached hydrogens (tertiary/aromatic N) is 1. The van der Waals surface area contributed by atoms with Crippen molar-refractivity contribution in [2.75, 3.05) is 4.90 Å². The van der Waals surface area contributed by atoms with Gasteiger partial charge in [-0.2, -0.15) is 0 Å². The van der Waals surface area contributed by atoms with Crippen molar-refractivity contribution in [3.05, 3.63) is 89.7 Å². The van der Waals surface area contributed by atoms with Crippen LogP contribution < -0.4 is 4.90 Å². The van der Waals surface area contributed by atoms with Crippen LogP contribution in [-0.4, -0.2) is 23.0 Å². The third-order valence-electron chi connectivity index (χ3n) is 6.21. The van der Waals surface area contributed by atoms with Crippen LogP contribution in [0.1, 0.15) is 37.9 Å². The van der Waals surface area contributed by atoms with Crippen molar-refractivity contribution < 1.29 is 28.2 Å².